The Kier molecular flexibility index (Phi) is 8.38. The molecule has 1 heterocycles. The highest BCUT2D eigenvalue weighted by atomic mass is 16.6. The quantitative estimate of drug-likeness (QED) is 0.387. The van der Waals surface area contributed by atoms with E-state index >= 15 is 0 Å². The average molecular weight is 418 g/mol. The minimum atomic E-state index is -1.49. The highest BCUT2D eigenvalue weighted by molar-refractivity contribution is 6.04. The van der Waals surface area contributed by atoms with Gasteiger partial charge in [-0.25, -0.2) is 0 Å². The van der Waals surface area contributed by atoms with Gasteiger partial charge in [-0.15, -0.1) is 0 Å². The molecule has 0 saturated carbocycles. The molecule has 0 spiro atoms. The van der Waals surface area contributed by atoms with E-state index in [2.05, 4.69) is 24.1 Å². The zero-order valence-electron chi connectivity index (χ0n) is 17.9. The third-order valence-electron chi connectivity index (χ3n) is 5.56. The molecule has 1 unspecified atom stereocenters. The average Bonchev–Trinajstić information content (AvgIpc) is 2.75. The van der Waals surface area contributed by atoms with E-state index in [-0.39, 0.29) is 5.57 Å². The van der Waals surface area contributed by atoms with E-state index in [4.69, 9.17) is 4.74 Å². The van der Waals surface area contributed by atoms with Crippen LogP contribution in [0.3, 0.4) is 0 Å². The molecule has 30 heavy (non-hydrogen) atoms. The Bertz CT molecular complexity index is 798. The number of hydrogen-bond acceptors (Lipinski definition) is 7. The van der Waals surface area contributed by atoms with Crippen LogP contribution in [-0.2, 0) is 9.53 Å². The fourth-order valence-corrected chi connectivity index (χ4v) is 3.62. The summed E-state index contributed by atoms with van der Waals surface area (Å²) in [6, 6.07) is 8.20. The first-order chi connectivity index (χ1) is 14.3. The molecule has 0 aliphatic carbocycles. The maximum absolute atomic E-state index is 12.7. The zero-order chi connectivity index (χ0) is 22.4. The van der Waals surface area contributed by atoms with Crippen LogP contribution >= 0.6 is 0 Å². The van der Waals surface area contributed by atoms with E-state index in [1.165, 1.54) is 0 Å². The molecule has 1 amide bonds. The summed E-state index contributed by atoms with van der Waals surface area (Å²) in [5, 5.41) is 42.5. The number of allylic oxidation sites excluding steroid dienone is 1. The highest BCUT2D eigenvalue weighted by Crippen LogP contribution is 2.25. The first-order valence-electron chi connectivity index (χ1n) is 10.3. The molecular formula is C22H31N3O5. The lowest BCUT2D eigenvalue weighted by molar-refractivity contribution is -0.247. The molecule has 164 valence electrons. The van der Waals surface area contributed by atoms with Crippen LogP contribution in [0.2, 0.25) is 0 Å². The summed E-state index contributed by atoms with van der Waals surface area (Å²) in [5.41, 5.74) is 2.08. The Labute approximate surface area is 177 Å². The molecule has 0 aromatic heterocycles. The maximum atomic E-state index is 12.7. The number of carbonyl (C=O) groups excluding carboxylic acids is 1. The fourth-order valence-electron chi connectivity index (χ4n) is 3.62. The Morgan fingerprint density at radius 1 is 1.13 bits per heavy atom. The maximum Gasteiger partial charge on any atom is 0.262 e. The second-order valence-corrected chi connectivity index (χ2v) is 7.28. The van der Waals surface area contributed by atoms with E-state index in [1.807, 2.05) is 30.3 Å². The minimum Gasteiger partial charge on any atom is -0.388 e. The molecule has 1 aliphatic rings. The van der Waals surface area contributed by atoms with Crippen molar-refractivity contribution in [2.45, 2.75) is 64.8 Å². The van der Waals surface area contributed by atoms with Crippen LogP contribution in [0, 0.1) is 11.3 Å². The van der Waals surface area contributed by atoms with Crippen molar-refractivity contribution in [2.24, 2.45) is 0 Å². The number of carbonyl (C=O) groups is 1. The van der Waals surface area contributed by atoms with Crippen LogP contribution in [0.5, 0.6) is 0 Å². The predicted octanol–water partition coefficient (Wildman–Crippen LogP) is 1.16. The van der Waals surface area contributed by atoms with E-state index < -0.39 is 36.6 Å². The number of nitrogens with one attached hydrogen (secondary N) is 1. The first-order valence-corrected chi connectivity index (χ1v) is 10.3. The Hall–Kier alpha value is -2.44. The zero-order valence-corrected chi connectivity index (χ0v) is 17.9. The molecule has 4 N–H and O–H groups in total. The number of anilines is 1. The molecule has 0 radical (unpaired) electrons. The number of amides is 1. The second kappa shape index (κ2) is 10.5. The molecule has 8 nitrogen and oxygen atoms in total. The van der Waals surface area contributed by atoms with Crippen molar-refractivity contribution >= 4 is 17.2 Å². The summed E-state index contributed by atoms with van der Waals surface area (Å²) >= 11 is 0. The minimum absolute atomic E-state index is 0.142. The van der Waals surface area contributed by atoms with Gasteiger partial charge in [0.25, 0.3) is 5.91 Å². The molecule has 5 atom stereocenters. The third-order valence-corrected chi connectivity index (χ3v) is 5.56. The summed E-state index contributed by atoms with van der Waals surface area (Å²) in [6.07, 6.45) is -4.52. The lowest BCUT2D eigenvalue weighted by atomic mass is 9.94. The molecule has 1 fully saturated rings. The number of nitrogens with zero attached hydrogens (tertiary/aromatic N) is 2. The van der Waals surface area contributed by atoms with E-state index in [1.54, 1.807) is 13.8 Å². The van der Waals surface area contributed by atoms with Crippen molar-refractivity contribution in [2.75, 3.05) is 18.0 Å². The molecule has 0 bridgehead atoms. The Morgan fingerprint density at radius 3 is 2.23 bits per heavy atom. The summed E-state index contributed by atoms with van der Waals surface area (Å²) in [4.78, 5) is 14.9. The summed E-state index contributed by atoms with van der Waals surface area (Å²) in [5.74, 6) is -0.753. The SMILES string of the molecule is CC[C@H]1OC(O)[C@H](NC(=O)/C(C#N)=C(\C)c2ccc(N(CC)CC)cc2)[C@@H](O)[C@@H]1O. The van der Waals surface area contributed by atoms with Crippen LogP contribution in [0.25, 0.3) is 5.57 Å². The number of hydrogen-bond donors (Lipinski definition) is 4. The molecule has 2 rings (SSSR count). The smallest absolute Gasteiger partial charge is 0.262 e. The van der Waals surface area contributed by atoms with Gasteiger partial charge in [-0.05, 0) is 50.5 Å². The van der Waals surface area contributed by atoms with Crippen molar-refractivity contribution in [3.8, 4) is 6.07 Å². The summed E-state index contributed by atoms with van der Waals surface area (Å²) in [6.45, 7) is 9.29. The van der Waals surface area contributed by atoms with Crippen molar-refractivity contribution in [1.29, 1.82) is 5.26 Å². The third kappa shape index (κ3) is 4.99. The van der Waals surface area contributed by atoms with Gasteiger partial charge >= 0.3 is 0 Å². The first kappa shape index (κ1) is 23.8. The van der Waals surface area contributed by atoms with Gasteiger partial charge < -0.3 is 30.3 Å². The van der Waals surface area contributed by atoms with Gasteiger partial charge in [0.05, 0.1) is 6.10 Å². The molecule has 8 heteroatoms. The van der Waals surface area contributed by atoms with E-state index in [9.17, 15) is 25.4 Å². The number of aliphatic hydroxyl groups is 3. The standard InChI is InChI=1S/C22H31N3O5/c1-5-17-19(26)20(27)18(22(29)30-17)24-21(28)16(12-23)13(4)14-8-10-15(11-9-14)25(6-2)7-3/h8-11,17-20,22,26-27,29H,5-7H2,1-4H3,(H,24,28)/b16-13+/t17-,18-,19-,20-,22?/m1/s1. The highest BCUT2D eigenvalue weighted by Gasteiger charge is 2.44. The largest absolute Gasteiger partial charge is 0.388 e. The van der Waals surface area contributed by atoms with Crippen molar-refractivity contribution in [1.82, 2.24) is 5.32 Å². The van der Waals surface area contributed by atoms with Gasteiger partial charge in [0.1, 0.15) is 29.9 Å². The lowest BCUT2D eigenvalue weighted by Gasteiger charge is -2.40. The van der Waals surface area contributed by atoms with Crippen LogP contribution in [0.15, 0.2) is 29.8 Å². The number of aliphatic hydroxyl groups excluding tert-OH is 3. The van der Waals surface area contributed by atoms with E-state index in [0.717, 1.165) is 18.8 Å². The van der Waals surface area contributed by atoms with Gasteiger partial charge in [-0.1, -0.05) is 19.1 Å². The molecular weight excluding hydrogens is 386 g/mol. The van der Waals surface area contributed by atoms with Crippen molar-refractivity contribution in [3.63, 3.8) is 0 Å². The van der Waals surface area contributed by atoms with Crippen LogP contribution in [-0.4, -0.2) is 65.0 Å². The van der Waals surface area contributed by atoms with Gasteiger partial charge in [-0.3, -0.25) is 4.79 Å². The van der Waals surface area contributed by atoms with Crippen LogP contribution in [0.1, 0.15) is 39.7 Å². The van der Waals surface area contributed by atoms with Gasteiger partial charge in [0.2, 0.25) is 0 Å². The van der Waals surface area contributed by atoms with Crippen LogP contribution < -0.4 is 10.2 Å². The number of nitriles is 1. The number of ether oxygens (including phenoxy) is 1. The number of benzene rings is 1. The van der Waals surface area contributed by atoms with E-state index in [0.29, 0.717) is 17.6 Å². The fraction of sp³-hybridized carbons (Fsp3) is 0.545. The van der Waals surface area contributed by atoms with Gasteiger partial charge in [0.15, 0.2) is 6.29 Å². The second-order valence-electron chi connectivity index (χ2n) is 7.28. The molecule has 1 aromatic rings. The van der Waals surface area contributed by atoms with Gasteiger partial charge in [0, 0.05) is 18.8 Å². The van der Waals surface area contributed by atoms with Crippen LogP contribution in [0.4, 0.5) is 5.69 Å². The topological polar surface area (TPSA) is 126 Å². The summed E-state index contributed by atoms with van der Waals surface area (Å²) in [7, 11) is 0. The normalized spacial score (nSPS) is 27.1. The Morgan fingerprint density at radius 2 is 1.73 bits per heavy atom. The number of rotatable bonds is 7. The van der Waals surface area contributed by atoms with Crippen molar-refractivity contribution in [3.05, 3.63) is 35.4 Å². The molecule has 1 aliphatic heterocycles. The predicted molar refractivity (Wildman–Crippen MR) is 113 cm³/mol. The lowest BCUT2D eigenvalue weighted by Crippen LogP contribution is -2.63. The Balaban J connectivity index is 2.22. The van der Waals surface area contributed by atoms with Gasteiger partial charge in [-0.2, -0.15) is 5.26 Å². The molecule has 1 saturated heterocycles. The monoisotopic (exact) mass is 417 g/mol. The summed E-state index contributed by atoms with van der Waals surface area (Å²) < 4.78 is 5.27. The molecule has 1 aromatic carbocycles. The van der Waals surface area contributed by atoms with Crippen molar-refractivity contribution < 1.29 is 24.9 Å².